The lowest BCUT2D eigenvalue weighted by Gasteiger charge is -2.37. The van der Waals surface area contributed by atoms with Gasteiger partial charge in [-0.25, -0.2) is 0 Å². The molecule has 0 aliphatic carbocycles. The molecule has 0 bridgehead atoms. The maximum Gasteiger partial charge on any atom is 0.244 e. The Balaban J connectivity index is 1.53. The molecule has 0 radical (unpaired) electrons. The summed E-state index contributed by atoms with van der Waals surface area (Å²) in [7, 11) is 0. The number of halogens is 1. The van der Waals surface area contributed by atoms with Gasteiger partial charge in [0.15, 0.2) is 0 Å². The van der Waals surface area contributed by atoms with Gasteiger partial charge in [-0.2, -0.15) is 0 Å². The largest absolute Gasteiger partial charge is 0.341 e. The Labute approximate surface area is 170 Å². The topological polar surface area (TPSA) is 52.7 Å². The van der Waals surface area contributed by atoms with Crippen molar-refractivity contribution in [3.8, 4) is 0 Å². The molecule has 0 saturated carbocycles. The fourth-order valence-electron chi connectivity index (χ4n) is 4.11. The number of anilines is 1. The summed E-state index contributed by atoms with van der Waals surface area (Å²) in [5, 5.41) is 3.53. The second kappa shape index (κ2) is 8.33. The van der Waals surface area contributed by atoms with Gasteiger partial charge >= 0.3 is 0 Å². The van der Waals surface area contributed by atoms with Crippen LogP contribution in [0.5, 0.6) is 0 Å². The monoisotopic (exact) mass is 397 g/mol. The average Bonchev–Trinajstić information content (AvgIpc) is 3.24. The number of rotatable bonds is 4. The minimum atomic E-state index is -0.390. The number of likely N-dealkylation sites (tertiary alicyclic amines) is 1. The lowest BCUT2D eigenvalue weighted by Crippen LogP contribution is -2.47. The Morgan fingerprint density at radius 1 is 1.00 bits per heavy atom. The quantitative estimate of drug-likeness (QED) is 0.859. The fraction of sp³-hybridized carbons (Fsp3) is 0.364. The number of fused-ring (bicyclic) bond motifs is 1. The zero-order valence-electron chi connectivity index (χ0n) is 15.7. The van der Waals surface area contributed by atoms with E-state index >= 15 is 0 Å². The highest BCUT2D eigenvalue weighted by molar-refractivity contribution is 6.30. The van der Waals surface area contributed by atoms with Gasteiger partial charge in [0.1, 0.15) is 6.04 Å². The van der Waals surface area contributed by atoms with Crippen molar-refractivity contribution >= 4 is 29.1 Å². The SMILES string of the molecule is O=C(CN1CCc2ccccc2[C@@H]1C(=O)N1CCCC1)Nc1ccc(Cl)cc1. The van der Waals surface area contributed by atoms with Crippen LogP contribution in [0.4, 0.5) is 5.69 Å². The van der Waals surface area contributed by atoms with Crippen molar-refractivity contribution < 1.29 is 9.59 Å². The van der Waals surface area contributed by atoms with Crippen LogP contribution in [-0.4, -0.2) is 47.8 Å². The summed E-state index contributed by atoms with van der Waals surface area (Å²) in [5.74, 6) is -0.00938. The van der Waals surface area contributed by atoms with Crippen LogP contribution >= 0.6 is 11.6 Å². The third-order valence-corrected chi connectivity index (χ3v) is 5.76. The number of hydrogen-bond acceptors (Lipinski definition) is 3. The summed E-state index contributed by atoms with van der Waals surface area (Å²) >= 11 is 5.90. The van der Waals surface area contributed by atoms with Crippen LogP contribution in [0.15, 0.2) is 48.5 Å². The van der Waals surface area contributed by atoms with Gasteiger partial charge in [-0.05, 0) is 54.7 Å². The van der Waals surface area contributed by atoms with E-state index in [9.17, 15) is 9.59 Å². The molecule has 0 aromatic heterocycles. The van der Waals surface area contributed by atoms with Crippen molar-refractivity contribution in [1.82, 2.24) is 9.80 Å². The Morgan fingerprint density at radius 2 is 1.71 bits per heavy atom. The van der Waals surface area contributed by atoms with Crippen LogP contribution < -0.4 is 5.32 Å². The predicted molar refractivity (Wildman–Crippen MR) is 110 cm³/mol. The number of nitrogens with zero attached hydrogens (tertiary/aromatic N) is 2. The lowest BCUT2D eigenvalue weighted by atomic mass is 9.91. The molecule has 1 N–H and O–H groups in total. The molecule has 2 aromatic rings. The average molecular weight is 398 g/mol. The lowest BCUT2D eigenvalue weighted by molar-refractivity contribution is -0.137. The summed E-state index contributed by atoms with van der Waals surface area (Å²) in [6.45, 7) is 2.49. The van der Waals surface area contributed by atoms with E-state index in [2.05, 4.69) is 11.4 Å². The van der Waals surface area contributed by atoms with E-state index in [0.717, 1.165) is 37.9 Å². The maximum atomic E-state index is 13.3. The van der Waals surface area contributed by atoms with Gasteiger partial charge in [-0.15, -0.1) is 0 Å². The molecule has 2 aromatic carbocycles. The van der Waals surface area contributed by atoms with E-state index in [0.29, 0.717) is 17.3 Å². The Kier molecular flexibility index (Phi) is 5.64. The van der Waals surface area contributed by atoms with Crippen molar-refractivity contribution in [3.05, 3.63) is 64.7 Å². The fourth-order valence-corrected chi connectivity index (χ4v) is 4.23. The third kappa shape index (κ3) is 4.05. The van der Waals surface area contributed by atoms with E-state index in [1.54, 1.807) is 24.3 Å². The van der Waals surface area contributed by atoms with Gasteiger partial charge in [-0.1, -0.05) is 35.9 Å². The van der Waals surface area contributed by atoms with Crippen LogP contribution in [0.25, 0.3) is 0 Å². The van der Waals surface area contributed by atoms with E-state index in [1.165, 1.54) is 5.56 Å². The minimum Gasteiger partial charge on any atom is -0.341 e. The summed E-state index contributed by atoms with van der Waals surface area (Å²) in [6, 6.07) is 14.7. The summed E-state index contributed by atoms with van der Waals surface area (Å²) in [4.78, 5) is 29.9. The van der Waals surface area contributed by atoms with Crippen LogP contribution in [0.3, 0.4) is 0 Å². The van der Waals surface area contributed by atoms with Crippen LogP contribution in [-0.2, 0) is 16.0 Å². The first-order valence-electron chi connectivity index (χ1n) is 9.78. The first-order valence-corrected chi connectivity index (χ1v) is 10.2. The standard InChI is InChI=1S/C22H24ClN3O2/c23-17-7-9-18(10-8-17)24-20(27)15-26-14-11-16-5-1-2-6-19(16)21(26)22(28)25-12-3-4-13-25/h1-2,5-10,21H,3-4,11-15H2,(H,24,27)/t21-/m1/s1. The molecular formula is C22H24ClN3O2. The van der Waals surface area contributed by atoms with Crippen molar-refractivity contribution in [2.24, 2.45) is 0 Å². The number of amides is 2. The van der Waals surface area contributed by atoms with Crippen LogP contribution in [0, 0.1) is 0 Å². The summed E-state index contributed by atoms with van der Waals surface area (Å²) in [6.07, 6.45) is 2.95. The van der Waals surface area contributed by atoms with E-state index in [4.69, 9.17) is 11.6 Å². The van der Waals surface area contributed by atoms with Gasteiger partial charge < -0.3 is 10.2 Å². The van der Waals surface area contributed by atoms with Crippen molar-refractivity contribution in [3.63, 3.8) is 0 Å². The maximum absolute atomic E-state index is 13.3. The molecule has 146 valence electrons. The second-order valence-electron chi connectivity index (χ2n) is 7.41. The molecule has 0 spiro atoms. The smallest absolute Gasteiger partial charge is 0.244 e. The van der Waals surface area contributed by atoms with E-state index in [-0.39, 0.29) is 24.4 Å². The zero-order valence-corrected chi connectivity index (χ0v) is 16.5. The molecule has 1 atom stereocenters. The third-order valence-electron chi connectivity index (χ3n) is 5.51. The zero-order chi connectivity index (χ0) is 19.5. The summed E-state index contributed by atoms with van der Waals surface area (Å²) < 4.78 is 0. The number of hydrogen-bond donors (Lipinski definition) is 1. The summed E-state index contributed by atoms with van der Waals surface area (Å²) in [5.41, 5.74) is 2.94. The first kappa shape index (κ1) is 19.0. The minimum absolute atomic E-state index is 0.115. The predicted octanol–water partition coefficient (Wildman–Crippen LogP) is 3.50. The Bertz CT molecular complexity index is 862. The number of nitrogens with one attached hydrogen (secondary N) is 1. The molecule has 6 heteroatoms. The van der Waals surface area contributed by atoms with Crippen LogP contribution in [0.1, 0.15) is 30.0 Å². The van der Waals surface area contributed by atoms with Crippen molar-refractivity contribution in [2.45, 2.75) is 25.3 Å². The van der Waals surface area contributed by atoms with Crippen molar-refractivity contribution in [1.29, 1.82) is 0 Å². The molecular weight excluding hydrogens is 374 g/mol. The normalized spacial score (nSPS) is 19.3. The van der Waals surface area contributed by atoms with E-state index < -0.39 is 0 Å². The Hall–Kier alpha value is -2.37. The van der Waals surface area contributed by atoms with Crippen LogP contribution in [0.2, 0.25) is 5.02 Å². The molecule has 2 heterocycles. The molecule has 2 aliphatic rings. The molecule has 5 nitrogen and oxygen atoms in total. The number of benzene rings is 2. The van der Waals surface area contributed by atoms with Gasteiger partial charge in [-0.3, -0.25) is 14.5 Å². The number of carbonyl (C=O) groups is 2. The van der Waals surface area contributed by atoms with Crippen molar-refractivity contribution in [2.75, 3.05) is 31.5 Å². The first-order chi connectivity index (χ1) is 13.6. The molecule has 1 saturated heterocycles. The molecule has 2 amide bonds. The van der Waals surface area contributed by atoms with E-state index in [1.807, 2.05) is 28.0 Å². The number of carbonyl (C=O) groups excluding carboxylic acids is 2. The molecule has 1 fully saturated rings. The van der Waals surface area contributed by atoms with Gasteiger partial charge in [0, 0.05) is 30.3 Å². The highest BCUT2D eigenvalue weighted by Crippen LogP contribution is 2.32. The van der Waals surface area contributed by atoms with Gasteiger partial charge in [0.25, 0.3) is 0 Å². The van der Waals surface area contributed by atoms with Gasteiger partial charge in [0.2, 0.25) is 11.8 Å². The Morgan fingerprint density at radius 3 is 2.46 bits per heavy atom. The highest BCUT2D eigenvalue weighted by atomic mass is 35.5. The van der Waals surface area contributed by atoms with Gasteiger partial charge in [0.05, 0.1) is 6.54 Å². The second-order valence-corrected chi connectivity index (χ2v) is 7.85. The molecule has 2 aliphatic heterocycles. The molecule has 0 unspecified atom stereocenters. The molecule has 4 rings (SSSR count). The molecule has 28 heavy (non-hydrogen) atoms. The highest BCUT2D eigenvalue weighted by Gasteiger charge is 2.37.